The molecule has 1 aliphatic heterocycles. The summed E-state index contributed by atoms with van der Waals surface area (Å²) in [5.74, 6) is -0.189. The van der Waals surface area contributed by atoms with Crippen LogP contribution in [0.4, 0.5) is 0 Å². The van der Waals surface area contributed by atoms with Crippen molar-refractivity contribution in [2.75, 3.05) is 13.1 Å². The number of aryl methyl sites for hydroxylation is 1. The van der Waals surface area contributed by atoms with Gasteiger partial charge in [0, 0.05) is 5.56 Å². The van der Waals surface area contributed by atoms with E-state index in [0.29, 0.717) is 5.56 Å². The number of hydrogen-bond acceptors (Lipinski definition) is 1. The second-order valence-corrected chi connectivity index (χ2v) is 8.20. The normalized spacial score (nSPS) is 18.5. The highest BCUT2D eigenvalue weighted by Gasteiger charge is 2.42. The molecule has 6 heteroatoms. The maximum Gasteiger partial charge on any atom is 0.262 e. The Hall–Kier alpha value is -0.480. The molecule has 2 rings (SSSR count). The zero-order chi connectivity index (χ0) is 16.2. The number of rotatable bonds is 3. The number of benzene rings is 1. The smallest absolute Gasteiger partial charge is 0.262 e. The Morgan fingerprint density at radius 2 is 1.73 bits per heavy atom. The van der Waals surface area contributed by atoms with E-state index in [2.05, 4.69) is 5.32 Å². The number of halogens is 3. The molecule has 1 saturated heterocycles. The lowest BCUT2D eigenvalue weighted by Gasteiger charge is -2.32. The molecule has 3 nitrogen and oxygen atoms in total. The van der Waals surface area contributed by atoms with Crippen LogP contribution in [-0.2, 0) is 0 Å². The van der Waals surface area contributed by atoms with Crippen molar-refractivity contribution in [2.45, 2.75) is 42.6 Å². The van der Waals surface area contributed by atoms with Gasteiger partial charge < -0.3 is 4.90 Å². The van der Waals surface area contributed by atoms with Crippen LogP contribution < -0.4 is 10.2 Å². The third-order valence-corrected chi connectivity index (χ3v) is 4.80. The molecular weight excluding hydrogens is 343 g/mol. The number of carbonyl (C=O) groups is 1. The highest BCUT2D eigenvalue weighted by Crippen LogP contribution is 2.28. The lowest BCUT2D eigenvalue weighted by Crippen LogP contribution is -3.19. The van der Waals surface area contributed by atoms with E-state index in [1.165, 1.54) is 12.8 Å². The van der Waals surface area contributed by atoms with Crippen LogP contribution in [0.3, 0.4) is 0 Å². The van der Waals surface area contributed by atoms with Crippen molar-refractivity contribution in [3.63, 3.8) is 0 Å². The van der Waals surface area contributed by atoms with E-state index in [1.807, 2.05) is 25.1 Å². The van der Waals surface area contributed by atoms with Gasteiger partial charge in [-0.15, -0.1) is 0 Å². The quantitative estimate of drug-likeness (QED) is 0.795. The summed E-state index contributed by atoms with van der Waals surface area (Å²) in [6.07, 6.45) is 4.03. The predicted octanol–water partition coefficient (Wildman–Crippen LogP) is 2.88. The first kappa shape index (κ1) is 17.9. The van der Waals surface area contributed by atoms with Crippen LogP contribution in [0, 0.1) is 6.92 Å². The van der Waals surface area contributed by atoms with E-state index in [9.17, 15) is 4.79 Å². The number of amides is 1. The number of carbonyl (C=O) groups excluding carboxylic acids is 1. The van der Waals surface area contributed by atoms with Gasteiger partial charge >= 0.3 is 0 Å². The molecule has 1 aromatic rings. The summed E-state index contributed by atoms with van der Waals surface area (Å²) in [5.41, 5.74) is 1.53. The van der Waals surface area contributed by atoms with Gasteiger partial charge in [-0.1, -0.05) is 53.0 Å². The minimum Gasteiger partial charge on any atom is -0.312 e. The van der Waals surface area contributed by atoms with E-state index < -0.39 is 9.96 Å². The first-order valence-corrected chi connectivity index (χ1v) is 8.81. The van der Waals surface area contributed by atoms with Crippen molar-refractivity contribution in [1.82, 2.24) is 5.32 Å². The lowest BCUT2D eigenvalue weighted by molar-refractivity contribution is -0.926. The fraction of sp³-hybridized carbons (Fsp3) is 0.562. The van der Waals surface area contributed by atoms with Gasteiger partial charge in [-0.3, -0.25) is 10.1 Å². The van der Waals surface area contributed by atoms with Crippen molar-refractivity contribution in [3.8, 4) is 0 Å². The lowest BCUT2D eigenvalue weighted by atomic mass is 10.1. The highest BCUT2D eigenvalue weighted by atomic mass is 35.6. The molecule has 1 fully saturated rings. The Labute approximate surface area is 146 Å². The second-order valence-electron chi connectivity index (χ2n) is 5.84. The van der Waals surface area contributed by atoms with Gasteiger partial charge in [-0.2, -0.15) is 0 Å². The maximum absolute atomic E-state index is 12.6. The molecule has 0 bridgehead atoms. The molecule has 122 valence electrons. The Bertz CT molecular complexity index is 508. The van der Waals surface area contributed by atoms with E-state index in [1.54, 1.807) is 6.07 Å². The summed E-state index contributed by atoms with van der Waals surface area (Å²) in [4.78, 5) is 13.7. The Kier molecular flexibility index (Phi) is 6.39. The molecule has 1 atom stereocenters. The van der Waals surface area contributed by atoms with E-state index in [4.69, 9.17) is 34.8 Å². The summed E-state index contributed by atoms with van der Waals surface area (Å²) >= 11 is 18.5. The molecule has 1 amide bonds. The van der Waals surface area contributed by atoms with Crippen molar-refractivity contribution in [1.29, 1.82) is 0 Å². The van der Waals surface area contributed by atoms with Gasteiger partial charge in [0.25, 0.3) is 9.70 Å². The van der Waals surface area contributed by atoms with Gasteiger partial charge in [0.2, 0.25) is 6.17 Å². The van der Waals surface area contributed by atoms with Gasteiger partial charge in [-0.25, -0.2) is 0 Å². The van der Waals surface area contributed by atoms with E-state index in [0.717, 1.165) is 36.4 Å². The van der Waals surface area contributed by atoms with Crippen molar-refractivity contribution >= 4 is 40.7 Å². The molecule has 1 aliphatic rings. The Morgan fingerprint density at radius 3 is 2.27 bits per heavy atom. The summed E-state index contributed by atoms with van der Waals surface area (Å²) < 4.78 is -1.53. The fourth-order valence-corrected chi connectivity index (χ4v) is 3.55. The molecule has 2 N–H and O–H groups in total. The third kappa shape index (κ3) is 4.76. The average Bonchev–Trinajstić information content (AvgIpc) is 2.72. The summed E-state index contributed by atoms with van der Waals surface area (Å²) in [5, 5.41) is 2.94. The highest BCUT2D eigenvalue weighted by molar-refractivity contribution is 6.68. The average molecular weight is 365 g/mol. The summed E-state index contributed by atoms with van der Waals surface area (Å²) in [7, 11) is 0. The van der Waals surface area contributed by atoms with Gasteiger partial charge in [0.05, 0.1) is 13.1 Å². The zero-order valence-electron chi connectivity index (χ0n) is 12.7. The molecule has 0 aromatic heterocycles. The topological polar surface area (TPSA) is 33.5 Å². The number of likely N-dealkylation sites (tertiary alicyclic amines) is 1. The molecule has 0 spiro atoms. The van der Waals surface area contributed by atoms with Gasteiger partial charge in [0.1, 0.15) is 0 Å². The summed E-state index contributed by atoms with van der Waals surface area (Å²) in [6.45, 7) is 3.72. The fourth-order valence-electron chi connectivity index (χ4n) is 2.92. The zero-order valence-corrected chi connectivity index (χ0v) is 14.9. The number of hydrogen-bond donors (Lipinski definition) is 2. The first-order valence-electron chi connectivity index (χ1n) is 7.67. The van der Waals surface area contributed by atoms with Crippen LogP contribution in [0.25, 0.3) is 0 Å². The molecule has 0 unspecified atom stereocenters. The van der Waals surface area contributed by atoms with E-state index >= 15 is 0 Å². The molecule has 0 aliphatic carbocycles. The second kappa shape index (κ2) is 7.87. The number of nitrogens with one attached hydrogen (secondary N) is 2. The molecule has 1 heterocycles. The SMILES string of the molecule is Cc1ccccc1C(=O)N[C@@H]([NH+]1CCCCCC1)C(Cl)(Cl)Cl. The van der Waals surface area contributed by atoms with Crippen LogP contribution in [-0.4, -0.2) is 29.0 Å². The van der Waals surface area contributed by atoms with Crippen LogP contribution in [0.2, 0.25) is 0 Å². The van der Waals surface area contributed by atoms with Crippen LogP contribution in [0.1, 0.15) is 41.6 Å². The molecule has 0 saturated carbocycles. The summed E-state index contributed by atoms with van der Waals surface area (Å²) in [6, 6.07) is 7.43. The number of alkyl halides is 3. The molecule has 0 radical (unpaired) electrons. The van der Waals surface area contributed by atoms with Crippen molar-refractivity contribution in [2.24, 2.45) is 0 Å². The minimum absolute atomic E-state index is 0.189. The van der Waals surface area contributed by atoms with Crippen LogP contribution >= 0.6 is 34.8 Å². The molecule has 22 heavy (non-hydrogen) atoms. The monoisotopic (exact) mass is 363 g/mol. The van der Waals surface area contributed by atoms with Gasteiger partial charge in [-0.05, 0) is 44.2 Å². The first-order chi connectivity index (χ1) is 10.4. The number of quaternary nitrogens is 1. The minimum atomic E-state index is -1.53. The van der Waals surface area contributed by atoms with E-state index in [-0.39, 0.29) is 5.91 Å². The standard InChI is InChI=1S/C16H21Cl3N2O/c1-12-8-4-5-9-13(12)14(22)20-15(16(17,18)19)21-10-6-2-3-7-11-21/h4-5,8-9,15H,2-3,6-7,10-11H2,1H3,(H,20,22)/p+1/t15-/m0/s1. The maximum atomic E-state index is 12.6. The van der Waals surface area contributed by atoms with Crippen LogP contribution in [0.5, 0.6) is 0 Å². The Balaban J connectivity index is 2.16. The third-order valence-electron chi connectivity index (χ3n) is 4.15. The van der Waals surface area contributed by atoms with Crippen molar-refractivity contribution in [3.05, 3.63) is 35.4 Å². The molecular formula is C16H22Cl3N2O+. The van der Waals surface area contributed by atoms with Crippen LogP contribution in [0.15, 0.2) is 24.3 Å². The van der Waals surface area contributed by atoms with Gasteiger partial charge in [0.15, 0.2) is 0 Å². The Morgan fingerprint density at radius 1 is 1.14 bits per heavy atom. The van der Waals surface area contributed by atoms with Crippen molar-refractivity contribution < 1.29 is 9.69 Å². The molecule has 1 aromatic carbocycles. The largest absolute Gasteiger partial charge is 0.312 e. The predicted molar refractivity (Wildman–Crippen MR) is 91.9 cm³/mol.